The number of aromatic hydroxyl groups is 1. The van der Waals surface area contributed by atoms with E-state index in [4.69, 9.17) is 18.3 Å². The summed E-state index contributed by atoms with van der Waals surface area (Å²) in [6, 6.07) is -0.944. The molecule has 19 heavy (non-hydrogen) atoms. The normalized spacial score (nSPS) is 29.9. The number of cyclic esters (lactones) is 1. The molecule has 4 rings (SSSR count). The number of fused-ring (bicyclic) bond motifs is 6. The summed E-state index contributed by atoms with van der Waals surface area (Å²) in [5.41, 5.74) is 0.773. The second kappa shape index (κ2) is 3.54. The van der Waals surface area contributed by atoms with Crippen molar-refractivity contribution in [1.29, 1.82) is 0 Å². The van der Waals surface area contributed by atoms with Crippen molar-refractivity contribution in [1.82, 2.24) is 5.32 Å². The average molecular weight is 266 g/mol. The van der Waals surface area contributed by atoms with Crippen molar-refractivity contribution < 1.29 is 28.2 Å². The quantitative estimate of drug-likeness (QED) is 0.667. The molecule has 0 spiro atoms. The molecule has 3 heterocycles. The van der Waals surface area contributed by atoms with Crippen LogP contribution in [0, 0.1) is 6.85 Å². The highest BCUT2D eigenvalue weighted by molar-refractivity contribution is 5.79. The van der Waals surface area contributed by atoms with E-state index in [-0.39, 0.29) is 42.9 Å². The van der Waals surface area contributed by atoms with Crippen LogP contribution >= 0.6 is 0 Å². The first kappa shape index (κ1) is 8.27. The highest BCUT2D eigenvalue weighted by Crippen LogP contribution is 2.50. The molecular weight excluding hydrogens is 250 g/mol. The van der Waals surface area contributed by atoms with Crippen LogP contribution in [-0.2, 0) is 16.0 Å². The highest BCUT2D eigenvalue weighted by atomic mass is 16.7. The van der Waals surface area contributed by atoms with Gasteiger partial charge in [0.05, 0.1) is 6.04 Å². The second-order valence-electron chi connectivity index (χ2n) is 4.79. The Kier molecular flexibility index (Phi) is 1.54. The van der Waals surface area contributed by atoms with Gasteiger partial charge in [0.15, 0.2) is 11.5 Å². The number of esters is 1. The Balaban J connectivity index is 1.99. The van der Waals surface area contributed by atoms with Gasteiger partial charge in [-0.25, -0.2) is 0 Å². The summed E-state index contributed by atoms with van der Waals surface area (Å²) < 4.78 is 38.7. The average Bonchev–Trinajstić information content (AvgIpc) is 2.90. The number of phenolic OH excluding ortho intramolecular Hbond substituents is 1. The third kappa shape index (κ3) is 1.32. The molecule has 6 nitrogen and oxygen atoms in total. The molecule has 1 fully saturated rings. The lowest BCUT2D eigenvalue weighted by Gasteiger charge is -2.37. The molecule has 0 radical (unpaired) electrons. The fraction of sp³-hybridized carbons (Fsp3) is 0.462. The maximum absolute atomic E-state index is 11.7. The number of hydrogen-bond acceptors (Lipinski definition) is 6. The number of benzene rings is 1. The molecule has 0 aliphatic carbocycles. The molecule has 2 atom stereocenters. The van der Waals surface area contributed by atoms with Gasteiger partial charge in [-0.2, -0.15) is 0 Å². The summed E-state index contributed by atoms with van der Waals surface area (Å²) in [5.74, 6) is -0.388. The minimum atomic E-state index is -2.54. The first-order valence-electron chi connectivity index (χ1n) is 7.48. The van der Waals surface area contributed by atoms with E-state index in [1.807, 2.05) is 0 Å². The van der Waals surface area contributed by atoms with Crippen LogP contribution in [0.2, 0.25) is 0 Å². The van der Waals surface area contributed by atoms with E-state index in [1.165, 1.54) is 0 Å². The van der Waals surface area contributed by atoms with Gasteiger partial charge in [-0.05, 0) is 6.85 Å². The van der Waals surface area contributed by atoms with Crippen LogP contribution in [0.25, 0.3) is 0 Å². The molecule has 2 bridgehead atoms. The lowest BCUT2D eigenvalue weighted by atomic mass is 9.86. The SMILES string of the molecule is [2H]C([2H])([2H])c1c(O)c2c(c3c1OCO3)[C@H]1COC(=O)[C@@H](C2)N1. The zero-order valence-corrected chi connectivity index (χ0v) is 9.86. The predicted molar refractivity (Wildman–Crippen MR) is 63.3 cm³/mol. The molecular formula is C13H13NO5. The summed E-state index contributed by atoms with van der Waals surface area (Å²) in [4.78, 5) is 11.7. The molecule has 2 N–H and O–H groups in total. The molecule has 0 amide bonds. The molecule has 0 unspecified atom stereocenters. The Labute approximate surface area is 113 Å². The number of morpholine rings is 1. The van der Waals surface area contributed by atoms with E-state index < -0.39 is 18.9 Å². The Bertz CT molecular complexity index is 687. The van der Waals surface area contributed by atoms with Gasteiger partial charge in [-0.15, -0.1) is 0 Å². The van der Waals surface area contributed by atoms with Crippen LogP contribution < -0.4 is 14.8 Å². The molecule has 100 valence electrons. The second-order valence-corrected chi connectivity index (χ2v) is 4.79. The summed E-state index contributed by atoms with van der Waals surface area (Å²) in [6.07, 6.45) is 0.149. The van der Waals surface area contributed by atoms with Gasteiger partial charge in [0, 0.05) is 27.2 Å². The lowest BCUT2D eigenvalue weighted by Crippen LogP contribution is -2.51. The van der Waals surface area contributed by atoms with Crippen LogP contribution in [0.5, 0.6) is 17.2 Å². The van der Waals surface area contributed by atoms with Crippen molar-refractivity contribution in [3.8, 4) is 17.2 Å². The molecule has 3 aliphatic rings. The van der Waals surface area contributed by atoms with Crippen LogP contribution in [0.1, 0.15) is 26.8 Å². The Hall–Kier alpha value is -1.95. The van der Waals surface area contributed by atoms with Crippen molar-refractivity contribution in [3.63, 3.8) is 0 Å². The molecule has 3 aliphatic heterocycles. The smallest absolute Gasteiger partial charge is 0.323 e. The van der Waals surface area contributed by atoms with E-state index in [9.17, 15) is 9.90 Å². The third-order valence-corrected chi connectivity index (χ3v) is 3.77. The molecule has 1 saturated heterocycles. The number of carbonyl (C=O) groups is 1. The number of hydrogen-bond donors (Lipinski definition) is 2. The van der Waals surface area contributed by atoms with Gasteiger partial charge in [-0.3, -0.25) is 10.1 Å². The molecule has 0 saturated carbocycles. The Morgan fingerprint density at radius 2 is 2.16 bits per heavy atom. The van der Waals surface area contributed by atoms with E-state index in [0.29, 0.717) is 16.9 Å². The largest absolute Gasteiger partial charge is 0.507 e. The summed E-state index contributed by atoms with van der Waals surface area (Å²) in [6.45, 7) is -2.55. The predicted octanol–water partition coefficient (Wildman–Crippen LogP) is 0.542. The van der Waals surface area contributed by atoms with Gasteiger partial charge in [-0.1, -0.05) is 0 Å². The van der Waals surface area contributed by atoms with Crippen molar-refractivity contribution in [2.24, 2.45) is 0 Å². The van der Waals surface area contributed by atoms with Gasteiger partial charge >= 0.3 is 5.97 Å². The fourth-order valence-electron chi connectivity index (χ4n) is 2.90. The van der Waals surface area contributed by atoms with Crippen molar-refractivity contribution in [2.45, 2.75) is 25.4 Å². The zero-order valence-electron chi connectivity index (χ0n) is 12.9. The van der Waals surface area contributed by atoms with E-state index in [2.05, 4.69) is 5.32 Å². The monoisotopic (exact) mass is 266 g/mol. The van der Waals surface area contributed by atoms with Crippen LogP contribution in [0.15, 0.2) is 0 Å². The number of carbonyl (C=O) groups excluding carboxylic acids is 1. The minimum absolute atomic E-state index is 0.0494. The van der Waals surface area contributed by atoms with Crippen molar-refractivity contribution >= 4 is 5.97 Å². The number of phenols is 1. The minimum Gasteiger partial charge on any atom is -0.507 e. The van der Waals surface area contributed by atoms with E-state index >= 15 is 0 Å². The van der Waals surface area contributed by atoms with Gasteiger partial charge in [0.1, 0.15) is 18.4 Å². The Morgan fingerprint density at radius 1 is 1.32 bits per heavy atom. The summed E-state index contributed by atoms with van der Waals surface area (Å²) in [7, 11) is 0. The van der Waals surface area contributed by atoms with Gasteiger partial charge in [0.2, 0.25) is 6.79 Å². The number of ether oxygens (including phenoxy) is 3. The number of nitrogens with one attached hydrogen (secondary N) is 1. The van der Waals surface area contributed by atoms with Crippen LogP contribution in [-0.4, -0.2) is 30.5 Å². The Morgan fingerprint density at radius 3 is 3.00 bits per heavy atom. The third-order valence-electron chi connectivity index (χ3n) is 3.77. The van der Waals surface area contributed by atoms with Crippen LogP contribution in [0.4, 0.5) is 0 Å². The number of rotatable bonds is 0. The molecule has 0 aromatic heterocycles. The molecule has 1 aromatic rings. The fourth-order valence-corrected chi connectivity index (χ4v) is 2.90. The highest BCUT2D eigenvalue weighted by Gasteiger charge is 2.42. The summed E-state index contributed by atoms with van der Waals surface area (Å²) >= 11 is 0. The molecule has 1 aromatic carbocycles. The molecule has 6 heteroatoms. The van der Waals surface area contributed by atoms with E-state index in [0.717, 1.165) is 0 Å². The van der Waals surface area contributed by atoms with Gasteiger partial charge < -0.3 is 19.3 Å². The first-order chi connectivity index (χ1) is 10.4. The van der Waals surface area contributed by atoms with E-state index in [1.54, 1.807) is 0 Å². The van der Waals surface area contributed by atoms with Crippen molar-refractivity contribution in [2.75, 3.05) is 13.4 Å². The maximum atomic E-state index is 11.7. The summed E-state index contributed by atoms with van der Waals surface area (Å²) in [5, 5.41) is 13.6. The van der Waals surface area contributed by atoms with Gasteiger partial charge in [0.25, 0.3) is 0 Å². The standard InChI is InChI=1S/C13H13NO5/c1-5-10(15)6-2-7-13(16)17-3-8(14-7)9(6)12-11(5)18-4-19-12/h7-8,14-15H,2-4H2,1H3/t7-,8-/m1/s1/i1D3. The maximum Gasteiger partial charge on any atom is 0.323 e. The first-order valence-corrected chi connectivity index (χ1v) is 5.98. The van der Waals surface area contributed by atoms with Crippen molar-refractivity contribution in [3.05, 3.63) is 16.7 Å². The van der Waals surface area contributed by atoms with Crippen LogP contribution in [0.3, 0.4) is 0 Å². The lowest BCUT2D eigenvalue weighted by molar-refractivity contribution is -0.152. The zero-order chi connectivity index (χ0) is 15.6. The topological polar surface area (TPSA) is 77.0 Å².